The fraction of sp³-hybridized carbons (Fsp3) is 0.467. The number of piperidine rings is 1. The van der Waals surface area contributed by atoms with Crippen molar-refractivity contribution in [2.45, 2.75) is 12.8 Å². The van der Waals surface area contributed by atoms with Gasteiger partial charge >= 0.3 is 0 Å². The van der Waals surface area contributed by atoms with E-state index in [4.69, 9.17) is 5.26 Å². The summed E-state index contributed by atoms with van der Waals surface area (Å²) in [4.78, 5) is 14.2. The standard InChI is InChI=1S/C15H19N3O3S/c1-22(20,21)17-10-13-5-3-7-18(11-13)15(19)14-6-2-4-12(8-14)9-16/h2,4,6,8,13,17H,3,5,7,10-11H2,1H3. The van der Waals surface area contributed by atoms with Crippen molar-refractivity contribution in [2.75, 3.05) is 25.9 Å². The Morgan fingerprint density at radius 3 is 2.95 bits per heavy atom. The molecule has 1 saturated heterocycles. The summed E-state index contributed by atoms with van der Waals surface area (Å²) in [5.41, 5.74) is 0.953. The summed E-state index contributed by atoms with van der Waals surface area (Å²) in [6.07, 6.45) is 2.87. The number of nitrogens with one attached hydrogen (secondary N) is 1. The monoisotopic (exact) mass is 321 g/mol. The average molecular weight is 321 g/mol. The van der Waals surface area contributed by atoms with Crippen molar-refractivity contribution < 1.29 is 13.2 Å². The predicted molar refractivity (Wildman–Crippen MR) is 82.6 cm³/mol. The van der Waals surface area contributed by atoms with E-state index < -0.39 is 10.0 Å². The number of sulfonamides is 1. The molecular weight excluding hydrogens is 302 g/mol. The lowest BCUT2D eigenvalue weighted by molar-refractivity contribution is 0.0676. The van der Waals surface area contributed by atoms with Crippen LogP contribution in [0.25, 0.3) is 0 Å². The largest absolute Gasteiger partial charge is 0.338 e. The number of hydrogen-bond acceptors (Lipinski definition) is 4. The minimum atomic E-state index is -3.21. The summed E-state index contributed by atoms with van der Waals surface area (Å²) >= 11 is 0. The van der Waals surface area contributed by atoms with Gasteiger partial charge in [0.25, 0.3) is 5.91 Å². The molecule has 1 aliphatic heterocycles. The number of benzene rings is 1. The van der Waals surface area contributed by atoms with Gasteiger partial charge < -0.3 is 4.90 Å². The third kappa shape index (κ3) is 4.55. The van der Waals surface area contributed by atoms with Gasteiger partial charge in [0.15, 0.2) is 0 Å². The molecule has 2 rings (SSSR count). The van der Waals surface area contributed by atoms with Gasteiger partial charge in [-0.15, -0.1) is 0 Å². The number of carbonyl (C=O) groups excluding carboxylic acids is 1. The minimum absolute atomic E-state index is 0.110. The van der Waals surface area contributed by atoms with E-state index in [2.05, 4.69) is 4.72 Å². The summed E-state index contributed by atoms with van der Waals surface area (Å²) < 4.78 is 24.8. The second-order valence-electron chi connectivity index (χ2n) is 5.57. The highest BCUT2D eigenvalue weighted by molar-refractivity contribution is 7.88. The van der Waals surface area contributed by atoms with Crippen molar-refractivity contribution in [3.8, 4) is 6.07 Å². The van der Waals surface area contributed by atoms with Crippen molar-refractivity contribution in [3.63, 3.8) is 0 Å². The average Bonchev–Trinajstić information content (AvgIpc) is 2.52. The Kier molecular flexibility index (Phi) is 5.16. The van der Waals surface area contributed by atoms with Crippen LogP contribution in [0.1, 0.15) is 28.8 Å². The Bertz CT molecular complexity index is 694. The number of hydrogen-bond donors (Lipinski definition) is 1. The van der Waals surface area contributed by atoms with Crippen LogP contribution in [-0.4, -0.2) is 45.1 Å². The number of rotatable bonds is 4. The molecule has 0 radical (unpaired) electrons. The molecular formula is C15H19N3O3S. The van der Waals surface area contributed by atoms with E-state index >= 15 is 0 Å². The van der Waals surface area contributed by atoms with Gasteiger partial charge in [-0.2, -0.15) is 5.26 Å². The molecule has 1 atom stereocenters. The Labute approximate surface area is 130 Å². The van der Waals surface area contributed by atoms with Crippen LogP contribution in [0.5, 0.6) is 0 Å². The molecule has 0 aliphatic carbocycles. The molecule has 0 aromatic heterocycles. The van der Waals surface area contributed by atoms with Crippen molar-refractivity contribution in [2.24, 2.45) is 5.92 Å². The Hall–Kier alpha value is -1.91. The highest BCUT2D eigenvalue weighted by atomic mass is 32.2. The molecule has 7 heteroatoms. The number of nitriles is 1. The Balaban J connectivity index is 2.02. The summed E-state index contributed by atoms with van der Waals surface area (Å²) in [6.45, 7) is 1.53. The van der Waals surface area contributed by atoms with Gasteiger partial charge in [0.2, 0.25) is 10.0 Å². The second kappa shape index (κ2) is 6.90. The van der Waals surface area contributed by atoms with Crippen LogP contribution in [0.15, 0.2) is 24.3 Å². The first-order chi connectivity index (χ1) is 10.4. The number of amides is 1. The van der Waals surface area contributed by atoms with Crippen molar-refractivity contribution in [1.29, 1.82) is 5.26 Å². The summed E-state index contributed by atoms with van der Waals surface area (Å²) in [6, 6.07) is 8.65. The SMILES string of the molecule is CS(=O)(=O)NCC1CCCN(C(=O)c2cccc(C#N)c2)C1. The minimum Gasteiger partial charge on any atom is -0.338 e. The van der Waals surface area contributed by atoms with Crippen LogP contribution in [0, 0.1) is 17.2 Å². The molecule has 22 heavy (non-hydrogen) atoms. The molecule has 1 N–H and O–H groups in total. The van der Waals surface area contributed by atoms with E-state index in [1.807, 2.05) is 6.07 Å². The topological polar surface area (TPSA) is 90.3 Å². The molecule has 1 unspecified atom stereocenters. The lowest BCUT2D eigenvalue weighted by atomic mass is 9.97. The van der Waals surface area contributed by atoms with Crippen LogP contribution in [0.3, 0.4) is 0 Å². The number of carbonyl (C=O) groups is 1. The zero-order valence-electron chi connectivity index (χ0n) is 12.4. The fourth-order valence-corrected chi connectivity index (χ4v) is 3.13. The highest BCUT2D eigenvalue weighted by Crippen LogP contribution is 2.18. The van der Waals surface area contributed by atoms with Crippen LogP contribution >= 0.6 is 0 Å². The quantitative estimate of drug-likeness (QED) is 0.894. The van der Waals surface area contributed by atoms with Gasteiger partial charge in [-0.1, -0.05) is 6.07 Å². The number of nitrogens with zero attached hydrogens (tertiary/aromatic N) is 2. The van der Waals surface area contributed by atoms with E-state index in [-0.39, 0.29) is 11.8 Å². The normalized spacial score (nSPS) is 18.7. The first-order valence-electron chi connectivity index (χ1n) is 7.13. The van der Waals surface area contributed by atoms with E-state index in [9.17, 15) is 13.2 Å². The molecule has 6 nitrogen and oxygen atoms in total. The van der Waals surface area contributed by atoms with Crippen LogP contribution in [0.4, 0.5) is 0 Å². The zero-order chi connectivity index (χ0) is 16.2. The Morgan fingerprint density at radius 2 is 2.27 bits per heavy atom. The highest BCUT2D eigenvalue weighted by Gasteiger charge is 2.25. The van der Waals surface area contributed by atoms with Gasteiger partial charge in [-0.3, -0.25) is 4.79 Å². The van der Waals surface area contributed by atoms with E-state index in [0.29, 0.717) is 30.8 Å². The summed E-state index contributed by atoms with van der Waals surface area (Å²) in [5.74, 6) is 0.00716. The van der Waals surface area contributed by atoms with Gasteiger partial charge in [-0.05, 0) is 37.0 Å². The lowest BCUT2D eigenvalue weighted by Crippen LogP contribution is -2.43. The first kappa shape index (κ1) is 16.5. The van der Waals surface area contributed by atoms with Gasteiger partial charge in [0.1, 0.15) is 0 Å². The van der Waals surface area contributed by atoms with Crippen molar-refractivity contribution >= 4 is 15.9 Å². The van der Waals surface area contributed by atoms with Crippen LogP contribution in [0.2, 0.25) is 0 Å². The maximum Gasteiger partial charge on any atom is 0.253 e. The third-order valence-corrected chi connectivity index (χ3v) is 4.37. The van der Waals surface area contributed by atoms with Gasteiger partial charge in [0.05, 0.1) is 17.9 Å². The van der Waals surface area contributed by atoms with Gasteiger partial charge in [0, 0.05) is 25.2 Å². The molecule has 1 aliphatic rings. The summed E-state index contributed by atoms with van der Waals surface area (Å²) in [7, 11) is -3.21. The zero-order valence-corrected chi connectivity index (χ0v) is 13.3. The van der Waals surface area contributed by atoms with Crippen LogP contribution < -0.4 is 4.72 Å². The molecule has 0 spiro atoms. The van der Waals surface area contributed by atoms with E-state index in [1.165, 1.54) is 0 Å². The third-order valence-electron chi connectivity index (χ3n) is 3.68. The molecule has 118 valence electrons. The maximum atomic E-state index is 12.5. The molecule has 1 heterocycles. The Morgan fingerprint density at radius 1 is 1.50 bits per heavy atom. The predicted octanol–water partition coefficient (Wildman–Crippen LogP) is 0.960. The van der Waals surface area contributed by atoms with Crippen molar-refractivity contribution in [1.82, 2.24) is 9.62 Å². The maximum absolute atomic E-state index is 12.5. The fourth-order valence-electron chi connectivity index (χ4n) is 2.59. The molecule has 0 bridgehead atoms. The molecule has 0 saturated carbocycles. The van der Waals surface area contributed by atoms with Crippen LogP contribution in [-0.2, 0) is 10.0 Å². The molecule has 1 aromatic rings. The smallest absolute Gasteiger partial charge is 0.253 e. The molecule has 1 fully saturated rings. The van der Waals surface area contributed by atoms with E-state index in [1.54, 1.807) is 29.2 Å². The van der Waals surface area contributed by atoms with E-state index in [0.717, 1.165) is 19.1 Å². The molecule has 1 amide bonds. The summed E-state index contributed by atoms with van der Waals surface area (Å²) in [5, 5.41) is 8.90. The van der Waals surface area contributed by atoms with Crippen molar-refractivity contribution in [3.05, 3.63) is 35.4 Å². The lowest BCUT2D eigenvalue weighted by Gasteiger charge is -2.32. The number of likely N-dealkylation sites (tertiary alicyclic amines) is 1. The van der Waals surface area contributed by atoms with Gasteiger partial charge in [-0.25, -0.2) is 13.1 Å². The second-order valence-corrected chi connectivity index (χ2v) is 7.41. The molecule has 1 aromatic carbocycles. The first-order valence-corrected chi connectivity index (χ1v) is 9.02.